The zero-order valence-corrected chi connectivity index (χ0v) is 13.0. The van der Waals surface area contributed by atoms with Gasteiger partial charge in [-0.25, -0.2) is 0 Å². The molecule has 1 aliphatic heterocycles. The summed E-state index contributed by atoms with van der Waals surface area (Å²) in [6, 6.07) is 7.18. The number of benzene rings is 1. The molecule has 0 bridgehead atoms. The number of rotatable bonds is 5. The summed E-state index contributed by atoms with van der Waals surface area (Å²) in [6.45, 7) is 5.34. The lowest BCUT2D eigenvalue weighted by Gasteiger charge is -2.34. The van der Waals surface area contributed by atoms with Gasteiger partial charge in [0, 0.05) is 12.0 Å². The summed E-state index contributed by atoms with van der Waals surface area (Å²) >= 11 is 0. The molecule has 1 aromatic carbocycles. The number of carboxylic acid groups (broad SMARTS) is 1. The smallest absolute Gasteiger partial charge is 0.303 e. The summed E-state index contributed by atoms with van der Waals surface area (Å²) in [7, 11) is 0. The van der Waals surface area contributed by atoms with Gasteiger partial charge < -0.3 is 19.9 Å². The topological polar surface area (TPSA) is 84.9 Å². The highest BCUT2D eigenvalue weighted by Crippen LogP contribution is 2.33. The molecule has 0 fully saturated rings. The predicted octanol–water partition coefficient (Wildman–Crippen LogP) is 1.97. The maximum Gasteiger partial charge on any atom is 0.303 e. The monoisotopic (exact) mass is 307 g/mol. The molecule has 2 rings (SSSR count). The first-order valence-electron chi connectivity index (χ1n) is 7.25. The van der Waals surface area contributed by atoms with Gasteiger partial charge >= 0.3 is 5.97 Å². The largest absolute Gasteiger partial charge is 0.482 e. The van der Waals surface area contributed by atoms with Crippen LogP contribution in [0.4, 0.5) is 0 Å². The standard InChI is InChI=1S/C16H21NO5/c1-10-14(22-12-7-5-4-6-11(12)21-10)15(20)17-16(2,3)9-8-13(18)19/h4-7,10,14H,8-9H2,1-3H3,(H,17,20)(H,18,19). The number of para-hydroxylation sites is 2. The minimum absolute atomic E-state index is 0.00626. The van der Waals surface area contributed by atoms with Crippen molar-refractivity contribution in [2.45, 2.75) is 51.4 Å². The fourth-order valence-corrected chi connectivity index (χ4v) is 2.29. The second-order valence-electron chi connectivity index (χ2n) is 6.08. The lowest BCUT2D eigenvalue weighted by molar-refractivity contribution is -0.139. The van der Waals surface area contributed by atoms with Crippen molar-refractivity contribution in [3.8, 4) is 11.5 Å². The number of amides is 1. The Bertz CT molecular complexity index is 569. The molecule has 1 aliphatic rings. The Hall–Kier alpha value is -2.24. The average molecular weight is 307 g/mol. The van der Waals surface area contributed by atoms with Crippen LogP contribution in [0.25, 0.3) is 0 Å². The van der Waals surface area contributed by atoms with Crippen molar-refractivity contribution in [1.29, 1.82) is 0 Å². The highest BCUT2D eigenvalue weighted by Gasteiger charge is 2.36. The third-order valence-corrected chi connectivity index (χ3v) is 3.53. The molecule has 22 heavy (non-hydrogen) atoms. The van der Waals surface area contributed by atoms with Crippen LogP contribution in [0.2, 0.25) is 0 Å². The van der Waals surface area contributed by atoms with Gasteiger partial charge in [0.15, 0.2) is 11.5 Å². The number of nitrogens with one attached hydrogen (secondary N) is 1. The van der Waals surface area contributed by atoms with Crippen molar-refractivity contribution >= 4 is 11.9 Å². The Kier molecular flexibility index (Phi) is 4.59. The van der Waals surface area contributed by atoms with Crippen molar-refractivity contribution < 1.29 is 24.2 Å². The Morgan fingerprint density at radius 1 is 1.23 bits per heavy atom. The molecule has 0 saturated carbocycles. The van der Waals surface area contributed by atoms with Crippen LogP contribution in [-0.4, -0.2) is 34.7 Å². The molecule has 0 aromatic heterocycles. The van der Waals surface area contributed by atoms with E-state index in [0.29, 0.717) is 17.9 Å². The first-order valence-corrected chi connectivity index (χ1v) is 7.25. The van der Waals surface area contributed by atoms with Crippen LogP contribution < -0.4 is 14.8 Å². The van der Waals surface area contributed by atoms with E-state index in [1.165, 1.54) is 0 Å². The molecule has 2 atom stereocenters. The van der Waals surface area contributed by atoms with E-state index < -0.39 is 23.7 Å². The van der Waals surface area contributed by atoms with Crippen LogP contribution >= 0.6 is 0 Å². The molecule has 0 saturated heterocycles. The second-order valence-corrected chi connectivity index (χ2v) is 6.08. The number of hydrogen-bond donors (Lipinski definition) is 2. The molecule has 0 spiro atoms. The van der Waals surface area contributed by atoms with Gasteiger partial charge in [-0.05, 0) is 39.3 Å². The third-order valence-electron chi connectivity index (χ3n) is 3.53. The number of aliphatic carboxylic acids is 1. The maximum absolute atomic E-state index is 12.4. The van der Waals surface area contributed by atoms with E-state index in [-0.39, 0.29) is 12.3 Å². The zero-order valence-electron chi connectivity index (χ0n) is 13.0. The molecule has 0 radical (unpaired) electrons. The van der Waals surface area contributed by atoms with Crippen molar-refractivity contribution in [3.05, 3.63) is 24.3 Å². The number of ether oxygens (including phenoxy) is 2. The summed E-state index contributed by atoms with van der Waals surface area (Å²) in [5.41, 5.74) is -0.629. The molecular weight excluding hydrogens is 286 g/mol. The molecule has 1 amide bonds. The van der Waals surface area contributed by atoms with Gasteiger partial charge in [0.2, 0.25) is 6.10 Å². The fraction of sp³-hybridized carbons (Fsp3) is 0.500. The molecule has 1 heterocycles. The number of carbonyl (C=O) groups excluding carboxylic acids is 1. The number of fused-ring (bicyclic) bond motifs is 1. The Balaban J connectivity index is 2.02. The molecule has 120 valence electrons. The van der Waals surface area contributed by atoms with E-state index in [4.69, 9.17) is 14.6 Å². The highest BCUT2D eigenvalue weighted by atomic mass is 16.6. The second kappa shape index (κ2) is 6.25. The summed E-state index contributed by atoms with van der Waals surface area (Å²) in [4.78, 5) is 23.1. The summed E-state index contributed by atoms with van der Waals surface area (Å²) in [5.74, 6) is -0.0486. The molecule has 6 heteroatoms. The van der Waals surface area contributed by atoms with Crippen LogP contribution in [0.15, 0.2) is 24.3 Å². The molecule has 2 unspecified atom stereocenters. The summed E-state index contributed by atoms with van der Waals surface area (Å²) in [5, 5.41) is 11.6. The molecule has 6 nitrogen and oxygen atoms in total. The Morgan fingerprint density at radius 3 is 2.41 bits per heavy atom. The summed E-state index contributed by atoms with van der Waals surface area (Å²) in [6.07, 6.45) is -0.857. The Labute approximate surface area is 129 Å². The molecular formula is C16H21NO5. The van der Waals surface area contributed by atoms with Crippen LogP contribution in [0.1, 0.15) is 33.6 Å². The van der Waals surface area contributed by atoms with Crippen molar-refractivity contribution in [2.24, 2.45) is 0 Å². The minimum atomic E-state index is -0.887. The quantitative estimate of drug-likeness (QED) is 0.869. The SMILES string of the molecule is CC1Oc2ccccc2OC1C(=O)NC(C)(C)CCC(=O)O. The molecule has 1 aromatic rings. The first-order chi connectivity index (χ1) is 10.3. The number of carbonyl (C=O) groups is 2. The van der Waals surface area contributed by atoms with E-state index in [1.54, 1.807) is 32.9 Å². The third kappa shape index (κ3) is 3.90. The predicted molar refractivity (Wildman–Crippen MR) is 80.0 cm³/mol. The number of carboxylic acids is 1. The van der Waals surface area contributed by atoms with Gasteiger partial charge in [-0.15, -0.1) is 0 Å². The first kappa shape index (κ1) is 16.1. The van der Waals surface area contributed by atoms with E-state index in [0.717, 1.165) is 0 Å². The van der Waals surface area contributed by atoms with Gasteiger partial charge in [-0.1, -0.05) is 12.1 Å². The van der Waals surface area contributed by atoms with E-state index in [1.807, 2.05) is 12.1 Å². The van der Waals surface area contributed by atoms with Crippen LogP contribution in [0.3, 0.4) is 0 Å². The van der Waals surface area contributed by atoms with Crippen molar-refractivity contribution in [1.82, 2.24) is 5.32 Å². The van der Waals surface area contributed by atoms with Gasteiger partial charge in [0.05, 0.1) is 0 Å². The van der Waals surface area contributed by atoms with Gasteiger partial charge in [0.1, 0.15) is 6.10 Å². The molecule has 2 N–H and O–H groups in total. The van der Waals surface area contributed by atoms with Gasteiger partial charge in [0.25, 0.3) is 5.91 Å². The van der Waals surface area contributed by atoms with Gasteiger partial charge in [-0.3, -0.25) is 9.59 Å². The minimum Gasteiger partial charge on any atom is -0.482 e. The lowest BCUT2D eigenvalue weighted by atomic mass is 9.97. The zero-order chi connectivity index (χ0) is 16.3. The lowest BCUT2D eigenvalue weighted by Crippen LogP contribution is -2.54. The van der Waals surface area contributed by atoms with Crippen molar-refractivity contribution in [3.63, 3.8) is 0 Å². The van der Waals surface area contributed by atoms with Gasteiger partial charge in [-0.2, -0.15) is 0 Å². The molecule has 0 aliphatic carbocycles. The number of hydrogen-bond acceptors (Lipinski definition) is 4. The summed E-state index contributed by atoms with van der Waals surface area (Å²) < 4.78 is 11.4. The van der Waals surface area contributed by atoms with Crippen LogP contribution in [0, 0.1) is 0 Å². The average Bonchev–Trinajstić information content (AvgIpc) is 2.44. The Morgan fingerprint density at radius 2 is 1.82 bits per heavy atom. The highest BCUT2D eigenvalue weighted by molar-refractivity contribution is 5.83. The van der Waals surface area contributed by atoms with E-state index >= 15 is 0 Å². The van der Waals surface area contributed by atoms with E-state index in [2.05, 4.69) is 5.32 Å². The van der Waals surface area contributed by atoms with Crippen LogP contribution in [-0.2, 0) is 9.59 Å². The normalized spacial score (nSPS) is 20.3. The fourth-order valence-electron chi connectivity index (χ4n) is 2.29. The maximum atomic E-state index is 12.4. The van der Waals surface area contributed by atoms with Crippen LogP contribution in [0.5, 0.6) is 11.5 Å². The van der Waals surface area contributed by atoms with E-state index in [9.17, 15) is 9.59 Å². The van der Waals surface area contributed by atoms with Crippen molar-refractivity contribution in [2.75, 3.05) is 0 Å².